The van der Waals surface area contributed by atoms with Crippen LogP contribution in [-0.4, -0.2) is 11.0 Å². The van der Waals surface area contributed by atoms with Crippen LogP contribution in [0.1, 0.15) is 43.7 Å². The minimum Gasteiger partial charge on any atom is -0.323 e. The molecule has 5 heteroatoms. The van der Waals surface area contributed by atoms with Crippen LogP contribution in [0.5, 0.6) is 0 Å². The van der Waals surface area contributed by atoms with Crippen LogP contribution in [0.25, 0.3) is 0 Å². The summed E-state index contributed by atoms with van der Waals surface area (Å²) in [6.07, 6.45) is 6.06. The van der Waals surface area contributed by atoms with Crippen LogP contribution in [-0.2, 0) is 0 Å². The van der Waals surface area contributed by atoms with Crippen molar-refractivity contribution in [3.05, 3.63) is 35.1 Å². The molecule has 2 N–H and O–H groups in total. The molecule has 0 bridgehead atoms. The number of halogens is 3. The smallest absolute Gasteiger partial charge is 0.194 e. The molecule has 2 rings (SSSR count). The predicted octanol–water partition coefficient (Wildman–Crippen LogP) is 4.17. The molecule has 1 fully saturated rings. The zero-order valence-corrected chi connectivity index (χ0v) is 11.5. The van der Waals surface area contributed by atoms with Crippen molar-refractivity contribution >= 4 is 11.8 Å². The van der Waals surface area contributed by atoms with Gasteiger partial charge in [0.25, 0.3) is 0 Å². The lowest BCUT2D eigenvalue weighted by Crippen LogP contribution is -2.19. The third kappa shape index (κ3) is 3.66. The molecule has 1 atom stereocenters. The van der Waals surface area contributed by atoms with Crippen LogP contribution in [0.15, 0.2) is 12.1 Å². The van der Waals surface area contributed by atoms with Gasteiger partial charge in [-0.3, -0.25) is 0 Å². The Bertz CT molecular complexity index is 433. The predicted molar refractivity (Wildman–Crippen MR) is 72.6 cm³/mol. The average molecular weight is 289 g/mol. The molecule has 0 aromatic heterocycles. The zero-order valence-electron chi connectivity index (χ0n) is 10.7. The third-order valence-corrected chi connectivity index (χ3v) is 5.02. The van der Waals surface area contributed by atoms with Crippen molar-refractivity contribution in [2.75, 3.05) is 5.75 Å². The maximum atomic E-state index is 13.6. The molecular formula is C14H18F3NS. The Morgan fingerprint density at radius 3 is 2.47 bits per heavy atom. The molecule has 0 heterocycles. The summed E-state index contributed by atoms with van der Waals surface area (Å²) >= 11 is 1.71. The summed E-state index contributed by atoms with van der Waals surface area (Å²) < 4.78 is 39.5. The number of nitrogens with two attached hydrogens (primary N) is 1. The van der Waals surface area contributed by atoms with Crippen molar-refractivity contribution in [3.63, 3.8) is 0 Å². The second kappa shape index (κ2) is 6.66. The van der Waals surface area contributed by atoms with Gasteiger partial charge in [-0.2, -0.15) is 11.8 Å². The first kappa shape index (κ1) is 14.7. The summed E-state index contributed by atoms with van der Waals surface area (Å²) in [4.78, 5) is 0. The van der Waals surface area contributed by atoms with Crippen molar-refractivity contribution in [1.82, 2.24) is 0 Å². The van der Waals surface area contributed by atoms with Gasteiger partial charge < -0.3 is 5.73 Å². The second-order valence-electron chi connectivity index (χ2n) is 4.96. The second-order valence-corrected chi connectivity index (χ2v) is 6.30. The van der Waals surface area contributed by atoms with Gasteiger partial charge in [0.05, 0.1) is 0 Å². The number of rotatable bonds is 4. The van der Waals surface area contributed by atoms with Gasteiger partial charge in [-0.1, -0.05) is 25.3 Å². The minimum atomic E-state index is -1.43. The molecule has 0 saturated heterocycles. The molecular weight excluding hydrogens is 271 g/mol. The number of thioether (sulfide) groups is 1. The van der Waals surface area contributed by atoms with E-state index in [0.717, 1.165) is 18.9 Å². The molecule has 1 nitrogen and oxygen atoms in total. The van der Waals surface area contributed by atoms with Crippen LogP contribution in [0.3, 0.4) is 0 Å². The fourth-order valence-corrected chi connectivity index (χ4v) is 3.71. The molecule has 1 aliphatic rings. The molecule has 19 heavy (non-hydrogen) atoms. The van der Waals surface area contributed by atoms with Crippen LogP contribution in [0, 0.1) is 17.5 Å². The highest BCUT2D eigenvalue weighted by Gasteiger charge is 2.20. The van der Waals surface area contributed by atoms with Gasteiger partial charge in [0.15, 0.2) is 17.5 Å². The van der Waals surface area contributed by atoms with Crippen molar-refractivity contribution in [3.8, 4) is 0 Å². The van der Waals surface area contributed by atoms with Crippen LogP contribution in [0.4, 0.5) is 13.2 Å². The summed E-state index contributed by atoms with van der Waals surface area (Å²) in [6, 6.07) is 1.57. The Kier molecular flexibility index (Phi) is 5.16. The van der Waals surface area contributed by atoms with E-state index in [1.54, 1.807) is 11.8 Å². The Hall–Kier alpha value is -0.680. The average Bonchev–Trinajstić information content (AvgIpc) is 2.43. The molecule has 106 valence electrons. The summed E-state index contributed by atoms with van der Waals surface area (Å²) in [5, 5.41) is 0.563. The number of hydrogen-bond donors (Lipinski definition) is 1. The maximum absolute atomic E-state index is 13.6. The molecule has 1 saturated carbocycles. The van der Waals surface area contributed by atoms with E-state index in [2.05, 4.69) is 0 Å². The van der Waals surface area contributed by atoms with E-state index in [-0.39, 0.29) is 5.56 Å². The highest BCUT2D eigenvalue weighted by Crippen LogP contribution is 2.31. The molecule has 0 aliphatic heterocycles. The molecule has 0 radical (unpaired) electrons. The lowest BCUT2D eigenvalue weighted by molar-refractivity contribution is 0.437. The first-order valence-corrected chi connectivity index (χ1v) is 7.65. The summed E-state index contributed by atoms with van der Waals surface area (Å²) in [5.74, 6) is -3.23. The highest BCUT2D eigenvalue weighted by molar-refractivity contribution is 7.99. The standard InChI is InChI=1S/C14H18F3NS/c15-11-7-6-10(13(16)14(11)17)12(18)8-19-9-4-2-1-3-5-9/h6-7,9,12H,1-5,8,18H2. The van der Waals surface area contributed by atoms with Crippen molar-refractivity contribution < 1.29 is 13.2 Å². The highest BCUT2D eigenvalue weighted by atomic mass is 32.2. The molecule has 1 unspecified atom stereocenters. The van der Waals surface area contributed by atoms with Gasteiger partial charge in [-0.15, -0.1) is 0 Å². The Labute approximate surface area is 115 Å². The fraction of sp³-hybridized carbons (Fsp3) is 0.571. The molecule has 0 spiro atoms. The Morgan fingerprint density at radius 2 is 1.79 bits per heavy atom. The Balaban J connectivity index is 1.95. The van der Waals surface area contributed by atoms with E-state index in [9.17, 15) is 13.2 Å². The maximum Gasteiger partial charge on any atom is 0.194 e. The lowest BCUT2D eigenvalue weighted by atomic mass is 10.0. The van der Waals surface area contributed by atoms with Gasteiger partial charge in [0, 0.05) is 22.6 Å². The summed E-state index contributed by atoms with van der Waals surface area (Å²) in [5.41, 5.74) is 5.94. The quantitative estimate of drug-likeness (QED) is 0.842. The summed E-state index contributed by atoms with van der Waals surface area (Å²) in [7, 11) is 0. The molecule has 1 aromatic rings. The third-order valence-electron chi connectivity index (χ3n) is 3.53. The zero-order chi connectivity index (χ0) is 13.8. The lowest BCUT2D eigenvalue weighted by Gasteiger charge is -2.22. The van der Waals surface area contributed by atoms with Crippen molar-refractivity contribution in [2.45, 2.75) is 43.4 Å². The first-order chi connectivity index (χ1) is 9.09. The van der Waals surface area contributed by atoms with Gasteiger partial charge in [-0.25, -0.2) is 13.2 Å². The number of benzene rings is 1. The van der Waals surface area contributed by atoms with E-state index >= 15 is 0 Å². The topological polar surface area (TPSA) is 26.0 Å². The van der Waals surface area contributed by atoms with Gasteiger partial charge in [0.1, 0.15) is 0 Å². The van der Waals surface area contributed by atoms with E-state index in [4.69, 9.17) is 5.73 Å². The van der Waals surface area contributed by atoms with Crippen LogP contribution >= 0.6 is 11.8 Å². The van der Waals surface area contributed by atoms with Crippen LogP contribution in [0.2, 0.25) is 0 Å². The number of hydrogen-bond acceptors (Lipinski definition) is 2. The first-order valence-electron chi connectivity index (χ1n) is 6.60. The van der Waals surface area contributed by atoms with Crippen molar-refractivity contribution in [2.24, 2.45) is 5.73 Å². The van der Waals surface area contributed by atoms with E-state index < -0.39 is 23.5 Å². The molecule has 1 aliphatic carbocycles. The summed E-state index contributed by atoms with van der Waals surface area (Å²) in [6.45, 7) is 0. The normalized spacial score (nSPS) is 18.5. The van der Waals surface area contributed by atoms with E-state index in [1.807, 2.05) is 0 Å². The Morgan fingerprint density at radius 1 is 1.11 bits per heavy atom. The van der Waals surface area contributed by atoms with Gasteiger partial charge in [-0.05, 0) is 18.9 Å². The van der Waals surface area contributed by atoms with Crippen molar-refractivity contribution in [1.29, 1.82) is 0 Å². The van der Waals surface area contributed by atoms with Gasteiger partial charge in [0.2, 0.25) is 0 Å². The largest absolute Gasteiger partial charge is 0.323 e. The fourth-order valence-electron chi connectivity index (χ4n) is 2.39. The molecule has 1 aromatic carbocycles. The minimum absolute atomic E-state index is 0.0576. The van der Waals surface area contributed by atoms with E-state index in [1.165, 1.54) is 25.3 Å². The van der Waals surface area contributed by atoms with E-state index in [0.29, 0.717) is 11.0 Å². The SMILES string of the molecule is NC(CSC1CCCCC1)c1ccc(F)c(F)c1F. The van der Waals surface area contributed by atoms with Crippen LogP contribution < -0.4 is 5.73 Å². The monoisotopic (exact) mass is 289 g/mol. The molecule has 0 amide bonds. The van der Waals surface area contributed by atoms with Gasteiger partial charge >= 0.3 is 0 Å².